The van der Waals surface area contributed by atoms with Gasteiger partial charge in [0, 0.05) is 18.3 Å². The molecule has 0 radical (unpaired) electrons. The van der Waals surface area contributed by atoms with Crippen molar-refractivity contribution in [2.75, 3.05) is 7.11 Å². The van der Waals surface area contributed by atoms with Crippen LogP contribution in [-0.2, 0) is 21.4 Å². The third-order valence-corrected chi connectivity index (χ3v) is 5.33. The molecule has 27 heavy (non-hydrogen) atoms. The Bertz CT molecular complexity index is 903. The molecule has 1 heterocycles. The Balaban J connectivity index is 2.15. The van der Waals surface area contributed by atoms with Gasteiger partial charge in [-0.05, 0) is 24.1 Å². The van der Waals surface area contributed by atoms with Crippen LogP contribution in [0.3, 0.4) is 0 Å². The molecule has 2 N–H and O–H groups in total. The first-order chi connectivity index (χ1) is 12.8. The highest BCUT2D eigenvalue weighted by atomic mass is 32.2. The predicted octanol–water partition coefficient (Wildman–Crippen LogP) is 1.85. The Labute approximate surface area is 158 Å². The summed E-state index contributed by atoms with van der Waals surface area (Å²) in [6, 6.07) is 7.36. The van der Waals surface area contributed by atoms with Gasteiger partial charge in [0.1, 0.15) is 16.8 Å². The number of sulfonamides is 1. The highest BCUT2D eigenvalue weighted by molar-refractivity contribution is 7.89. The van der Waals surface area contributed by atoms with Crippen LogP contribution in [0.4, 0.5) is 4.39 Å². The van der Waals surface area contributed by atoms with Gasteiger partial charge < -0.3 is 10.1 Å². The first-order valence-electron chi connectivity index (χ1n) is 8.28. The van der Waals surface area contributed by atoms with E-state index >= 15 is 0 Å². The first-order valence-corrected chi connectivity index (χ1v) is 9.77. The number of carbonyl (C=O) groups excluding carboxylic acids is 1. The van der Waals surface area contributed by atoms with Crippen molar-refractivity contribution in [3.8, 4) is 5.88 Å². The number of rotatable bonds is 8. The standard InChI is InChI=1S/C18H22FN3O4S/c1-12(2)16(22-27(24,25)15-9-5-4-8-14(15)19)17(23)21-11-13-7-6-10-20-18(13)26-3/h4-10,12,16,22H,11H2,1-3H3,(H,21,23)/t16-/m0/s1. The van der Waals surface area contributed by atoms with E-state index in [0.717, 1.165) is 12.1 Å². The average Bonchev–Trinajstić information content (AvgIpc) is 2.64. The number of methoxy groups -OCH3 is 1. The number of hydrogen-bond donors (Lipinski definition) is 2. The maximum atomic E-state index is 13.9. The smallest absolute Gasteiger partial charge is 0.244 e. The molecule has 0 unspecified atom stereocenters. The van der Waals surface area contributed by atoms with Crippen molar-refractivity contribution in [3.63, 3.8) is 0 Å². The minimum absolute atomic E-state index is 0.112. The first kappa shape index (κ1) is 20.8. The minimum Gasteiger partial charge on any atom is -0.481 e. The Kier molecular flexibility index (Phi) is 6.86. The summed E-state index contributed by atoms with van der Waals surface area (Å²) in [5.74, 6) is -1.41. The largest absolute Gasteiger partial charge is 0.481 e. The van der Waals surface area contributed by atoms with E-state index in [2.05, 4.69) is 15.0 Å². The van der Waals surface area contributed by atoms with Crippen molar-refractivity contribution in [1.29, 1.82) is 0 Å². The summed E-state index contributed by atoms with van der Waals surface area (Å²) in [6.07, 6.45) is 1.56. The quantitative estimate of drug-likeness (QED) is 0.711. The van der Waals surface area contributed by atoms with Gasteiger partial charge in [-0.3, -0.25) is 4.79 Å². The van der Waals surface area contributed by atoms with Crippen LogP contribution in [0.25, 0.3) is 0 Å². The van der Waals surface area contributed by atoms with Gasteiger partial charge in [-0.1, -0.05) is 32.0 Å². The molecule has 1 amide bonds. The molecule has 9 heteroatoms. The lowest BCUT2D eigenvalue weighted by molar-refractivity contribution is -0.123. The molecule has 2 rings (SSSR count). The van der Waals surface area contributed by atoms with Crippen LogP contribution >= 0.6 is 0 Å². The van der Waals surface area contributed by atoms with E-state index in [9.17, 15) is 17.6 Å². The van der Waals surface area contributed by atoms with E-state index in [1.165, 1.54) is 19.2 Å². The van der Waals surface area contributed by atoms with Crippen LogP contribution < -0.4 is 14.8 Å². The lowest BCUT2D eigenvalue weighted by Crippen LogP contribution is -2.49. The Morgan fingerprint density at radius 3 is 2.56 bits per heavy atom. The van der Waals surface area contributed by atoms with Gasteiger partial charge in [0.2, 0.25) is 21.8 Å². The summed E-state index contributed by atoms with van der Waals surface area (Å²) in [7, 11) is -2.73. The molecule has 0 fully saturated rings. The van der Waals surface area contributed by atoms with Crippen LogP contribution in [0, 0.1) is 11.7 Å². The average molecular weight is 395 g/mol. The van der Waals surface area contributed by atoms with E-state index in [1.807, 2.05) is 0 Å². The summed E-state index contributed by atoms with van der Waals surface area (Å²) in [6.45, 7) is 3.50. The second kappa shape index (κ2) is 8.92. The van der Waals surface area contributed by atoms with Crippen LogP contribution in [-0.4, -0.2) is 32.5 Å². The zero-order valence-electron chi connectivity index (χ0n) is 15.3. The van der Waals surface area contributed by atoms with Crippen LogP contribution in [0.5, 0.6) is 5.88 Å². The monoisotopic (exact) mass is 395 g/mol. The van der Waals surface area contributed by atoms with Crippen molar-refractivity contribution in [2.24, 2.45) is 5.92 Å². The van der Waals surface area contributed by atoms with E-state index in [-0.39, 0.29) is 12.5 Å². The van der Waals surface area contributed by atoms with Crippen LogP contribution in [0.1, 0.15) is 19.4 Å². The molecule has 0 aliphatic heterocycles. The molecule has 0 aliphatic carbocycles. The van der Waals surface area contributed by atoms with E-state index in [0.29, 0.717) is 11.4 Å². The SMILES string of the molecule is COc1ncccc1CNC(=O)[C@@H](NS(=O)(=O)c1ccccc1F)C(C)C. The molecule has 0 bridgehead atoms. The molecular weight excluding hydrogens is 373 g/mol. The number of benzene rings is 1. The van der Waals surface area contributed by atoms with Crippen molar-refractivity contribution in [1.82, 2.24) is 15.0 Å². The molecule has 0 spiro atoms. The summed E-state index contributed by atoms with van der Waals surface area (Å²) in [5, 5.41) is 2.66. The Morgan fingerprint density at radius 2 is 1.93 bits per heavy atom. The molecule has 2 aromatic rings. The highest BCUT2D eigenvalue weighted by Gasteiger charge is 2.29. The second-order valence-corrected chi connectivity index (χ2v) is 7.85. The van der Waals surface area contributed by atoms with Gasteiger partial charge in [0.05, 0.1) is 7.11 Å². The third kappa shape index (κ3) is 5.24. The molecule has 0 saturated carbocycles. The number of aromatic nitrogens is 1. The molecule has 0 aliphatic rings. The van der Waals surface area contributed by atoms with Crippen LogP contribution in [0.15, 0.2) is 47.5 Å². The van der Waals surface area contributed by atoms with Gasteiger partial charge in [-0.25, -0.2) is 17.8 Å². The number of ether oxygens (including phenoxy) is 1. The van der Waals surface area contributed by atoms with E-state index in [1.54, 1.807) is 32.2 Å². The zero-order chi connectivity index (χ0) is 20.0. The molecule has 0 saturated heterocycles. The van der Waals surface area contributed by atoms with Crippen molar-refractivity contribution < 1.29 is 22.3 Å². The Hall–Kier alpha value is -2.52. The van der Waals surface area contributed by atoms with Crippen LogP contribution in [0.2, 0.25) is 0 Å². The number of amides is 1. The summed E-state index contributed by atoms with van der Waals surface area (Å²) in [4.78, 5) is 16.1. The number of halogens is 1. The lowest BCUT2D eigenvalue weighted by atomic mass is 10.0. The topological polar surface area (TPSA) is 97.4 Å². The van der Waals surface area contributed by atoms with E-state index < -0.39 is 32.7 Å². The van der Waals surface area contributed by atoms with Gasteiger partial charge in [0.25, 0.3) is 0 Å². The van der Waals surface area contributed by atoms with E-state index in [4.69, 9.17) is 4.74 Å². The summed E-state index contributed by atoms with van der Waals surface area (Å²) >= 11 is 0. The normalized spacial score (nSPS) is 12.6. The second-order valence-electron chi connectivity index (χ2n) is 6.16. The fourth-order valence-corrected chi connectivity index (χ4v) is 3.84. The number of hydrogen-bond acceptors (Lipinski definition) is 5. The molecule has 7 nitrogen and oxygen atoms in total. The number of nitrogens with one attached hydrogen (secondary N) is 2. The Morgan fingerprint density at radius 1 is 1.22 bits per heavy atom. The number of carbonyl (C=O) groups is 1. The van der Waals surface area contributed by atoms with Gasteiger partial charge >= 0.3 is 0 Å². The molecule has 1 atom stereocenters. The summed E-state index contributed by atoms with van der Waals surface area (Å²) < 4.78 is 46.2. The molecule has 146 valence electrons. The maximum absolute atomic E-state index is 13.9. The number of pyridine rings is 1. The maximum Gasteiger partial charge on any atom is 0.244 e. The third-order valence-electron chi connectivity index (χ3n) is 3.85. The van der Waals surface area contributed by atoms with Gasteiger partial charge in [0.15, 0.2) is 0 Å². The van der Waals surface area contributed by atoms with Crippen molar-refractivity contribution in [3.05, 3.63) is 54.0 Å². The fraction of sp³-hybridized carbons (Fsp3) is 0.333. The minimum atomic E-state index is -4.20. The summed E-state index contributed by atoms with van der Waals surface area (Å²) in [5.41, 5.74) is 0.646. The van der Waals surface area contributed by atoms with Crippen molar-refractivity contribution in [2.45, 2.75) is 31.3 Å². The predicted molar refractivity (Wildman–Crippen MR) is 98.0 cm³/mol. The molecule has 1 aromatic heterocycles. The van der Waals surface area contributed by atoms with Gasteiger partial charge in [-0.2, -0.15) is 4.72 Å². The molecule has 1 aromatic carbocycles. The highest BCUT2D eigenvalue weighted by Crippen LogP contribution is 2.16. The van der Waals surface area contributed by atoms with Gasteiger partial charge in [-0.15, -0.1) is 0 Å². The molecular formula is C18H22FN3O4S. The van der Waals surface area contributed by atoms with Crippen molar-refractivity contribution >= 4 is 15.9 Å². The number of nitrogens with zero attached hydrogens (tertiary/aromatic N) is 1. The zero-order valence-corrected chi connectivity index (χ0v) is 16.1. The fourth-order valence-electron chi connectivity index (χ4n) is 2.42. The lowest BCUT2D eigenvalue weighted by Gasteiger charge is -2.22.